The number of halogens is 1. The van der Waals surface area contributed by atoms with Gasteiger partial charge in [0.05, 0.1) is 0 Å². The minimum Gasteiger partial charge on any atom is -0.868 e. The first-order chi connectivity index (χ1) is 8.96. The molecule has 0 atom stereocenters. The van der Waals surface area contributed by atoms with Crippen LogP contribution in [0.15, 0.2) is 0 Å². The van der Waals surface area contributed by atoms with E-state index in [-0.39, 0.29) is 0 Å². The van der Waals surface area contributed by atoms with Crippen molar-refractivity contribution in [3.8, 4) is 0 Å². The molecule has 5 nitrogen and oxygen atoms in total. The molecule has 0 aliphatic heterocycles. The Kier molecular flexibility index (Phi) is 25.3. The maximum Gasteiger partial charge on any atom is 0.142 e. The smallest absolute Gasteiger partial charge is 0.142 e. The third-order valence-corrected chi connectivity index (χ3v) is 2.52. The predicted molar refractivity (Wildman–Crippen MR) is 73.4 cm³/mol. The maximum absolute atomic E-state index is 9.99. The van der Waals surface area contributed by atoms with Crippen molar-refractivity contribution >= 4 is 7.32 Å². The van der Waals surface area contributed by atoms with Crippen molar-refractivity contribution in [2.24, 2.45) is 0 Å². The minimum atomic E-state index is -2.78. The van der Waals surface area contributed by atoms with Gasteiger partial charge in [-0.15, -0.1) is 0 Å². The number of hydrogen-bond acceptors (Lipinski definition) is 3. The fourth-order valence-corrected chi connectivity index (χ4v) is 1.22. The lowest BCUT2D eigenvalue weighted by atomic mass is 10.3. The van der Waals surface area contributed by atoms with E-state index in [0.29, 0.717) is 0 Å². The molecule has 0 aliphatic carbocycles. The minimum absolute atomic E-state index is 1.10. The normalized spacial score (nSPS) is 9.63. The molecule has 0 fully saturated rings. The van der Waals surface area contributed by atoms with Gasteiger partial charge in [0, 0.05) is 41.5 Å². The van der Waals surface area contributed by atoms with Gasteiger partial charge in [-0.1, -0.05) is 4.53 Å². The van der Waals surface area contributed by atoms with E-state index in [1.807, 2.05) is 0 Å². The van der Waals surface area contributed by atoms with Gasteiger partial charge in [-0.2, -0.15) is 0 Å². The molecule has 0 aliphatic rings. The van der Waals surface area contributed by atoms with E-state index >= 15 is 0 Å². The van der Waals surface area contributed by atoms with Gasteiger partial charge < -0.3 is 23.6 Å². The van der Waals surface area contributed by atoms with Crippen LogP contribution in [0.4, 0.5) is 4.53 Å². The Morgan fingerprint density at radius 2 is 0.895 bits per heavy atom. The first kappa shape index (κ1) is 23.9. The van der Waals surface area contributed by atoms with E-state index in [9.17, 15) is 4.53 Å². The molecule has 0 N–H and O–H groups in total. The van der Waals surface area contributed by atoms with E-state index in [4.69, 9.17) is 10.0 Å². The lowest BCUT2D eigenvalue weighted by Crippen LogP contribution is -2.45. The molecule has 0 saturated heterocycles. The summed E-state index contributed by atoms with van der Waals surface area (Å²) in [6, 6.07) is 0. The molecule has 0 heterocycles. The van der Waals surface area contributed by atoms with Crippen LogP contribution in [0.5, 0.6) is 0 Å². The van der Waals surface area contributed by atoms with E-state index in [2.05, 4.69) is 55.1 Å². The van der Waals surface area contributed by atoms with E-state index in [1.54, 1.807) is 0 Å². The zero-order chi connectivity index (χ0) is 15.7. The zero-order valence-electron chi connectivity index (χ0n) is 13.2. The van der Waals surface area contributed by atoms with Crippen molar-refractivity contribution in [3.05, 3.63) is 0 Å². The van der Waals surface area contributed by atoms with Crippen LogP contribution in [-0.4, -0.2) is 47.0 Å². The highest BCUT2D eigenvalue weighted by atomic mass is 19.3. The topological polar surface area (TPSA) is 60.8 Å². The second-order valence-corrected chi connectivity index (χ2v) is 3.33. The average Bonchev–Trinajstić information content (AvgIpc) is 2.44. The quantitative estimate of drug-likeness (QED) is 0.513. The van der Waals surface area contributed by atoms with Crippen LogP contribution in [-0.2, 0) is 13.6 Å². The monoisotopic (exact) mass is 284 g/mol. The van der Waals surface area contributed by atoms with Crippen LogP contribution >= 0.6 is 0 Å². The van der Waals surface area contributed by atoms with Crippen molar-refractivity contribution in [2.45, 2.75) is 41.5 Å². The van der Waals surface area contributed by atoms with Crippen LogP contribution in [0.2, 0.25) is 0 Å². The lowest BCUT2D eigenvalue weighted by Gasteiger charge is -2.16. The summed E-state index contributed by atoms with van der Waals surface area (Å²) in [5.41, 5.74) is 0. The van der Waals surface area contributed by atoms with E-state index in [0.717, 1.165) is 39.6 Å². The maximum atomic E-state index is 9.99. The lowest BCUT2D eigenvalue weighted by molar-refractivity contribution is -0.403. The summed E-state index contributed by atoms with van der Waals surface area (Å²) < 4.78 is 16.1. The molecule has 0 aromatic rings. The van der Waals surface area contributed by atoms with Crippen molar-refractivity contribution in [1.82, 2.24) is 0 Å². The highest BCUT2D eigenvalue weighted by Crippen LogP contribution is 1.90. The zero-order valence-corrected chi connectivity index (χ0v) is 13.2. The Bertz CT molecular complexity index is 121. The van der Waals surface area contributed by atoms with Crippen molar-refractivity contribution in [2.75, 3.05) is 39.6 Å². The van der Waals surface area contributed by atoms with Gasteiger partial charge in [0.15, 0.2) is 0 Å². The molecular formula is C12H30BFO5. The molecule has 0 unspecified atom stereocenters. The highest BCUT2D eigenvalue weighted by Gasteiger charge is 1.94. The first-order valence-corrected chi connectivity index (χ1v) is 6.84. The fraction of sp³-hybridized carbons (Fsp3) is 1.00. The van der Waals surface area contributed by atoms with Gasteiger partial charge in [0.2, 0.25) is 0 Å². The Hall–Kier alpha value is -0.205. The second kappa shape index (κ2) is 20.1. The predicted octanol–water partition coefficient (Wildman–Crippen LogP) is 0.790. The summed E-state index contributed by atoms with van der Waals surface area (Å²) in [5.74, 6) is 0. The van der Waals surface area contributed by atoms with Crippen molar-refractivity contribution in [3.63, 3.8) is 0 Å². The second-order valence-electron chi connectivity index (χ2n) is 3.33. The number of rotatable bonds is 7. The van der Waals surface area contributed by atoms with Gasteiger partial charge >= 0.3 is 0 Å². The van der Waals surface area contributed by atoms with Gasteiger partial charge in [0.25, 0.3) is 0 Å². The Labute approximate surface area is 117 Å². The molecule has 0 rings (SSSR count). The van der Waals surface area contributed by atoms with Gasteiger partial charge in [-0.3, -0.25) is 0 Å². The van der Waals surface area contributed by atoms with E-state index < -0.39 is 7.32 Å². The molecule has 19 heavy (non-hydrogen) atoms. The molecule has 0 aromatic heterocycles. The molecule has 0 bridgehead atoms. The fourth-order valence-electron chi connectivity index (χ4n) is 1.22. The molecule has 7 heteroatoms. The standard InChI is InChI=1S/2C6H15O.BFO3/c2*1-4-7(5-2)6-3;2-5-1(3)4/h2*4-6H2,1-3H3;/q2*+1;-2. The average molecular weight is 284 g/mol. The summed E-state index contributed by atoms with van der Waals surface area (Å²) in [6.45, 7) is 19.5. The van der Waals surface area contributed by atoms with Gasteiger partial charge in [-0.05, 0) is 0 Å². The summed E-state index contributed by atoms with van der Waals surface area (Å²) in [4.78, 5) is 2.14. The van der Waals surface area contributed by atoms with Crippen LogP contribution < -0.4 is 10.0 Å². The molecular weight excluding hydrogens is 254 g/mol. The molecule has 118 valence electrons. The molecule has 0 amide bonds. The highest BCUT2D eigenvalue weighted by molar-refractivity contribution is 6.27. The largest absolute Gasteiger partial charge is 0.868 e. The summed E-state index contributed by atoms with van der Waals surface area (Å²) >= 11 is 0. The Morgan fingerprint density at radius 1 is 0.737 bits per heavy atom. The summed E-state index contributed by atoms with van der Waals surface area (Å²) in [6.07, 6.45) is 0. The van der Waals surface area contributed by atoms with Gasteiger partial charge in [-0.25, -0.2) is 0 Å². The van der Waals surface area contributed by atoms with Crippen molar-refractivity contribution < 1.29 is 28.2 Å². The van der Waals surface area contributed by atoms with Crippen LogP contribution in [0.3, 0.4) is 0 Å². The Morgan fingerprint density at radius 3 is 0.895 bits per heavy atom. The third kappa shape index (κ3) is 23.3. The van der Waals surface area contributed by atoms with Crippen LogP contribution in [0.25, 0.3) is 0 Å². The van der Waals surface area contributed by atoms with E-state index in [1.165, 1.54) is 0 Å². The SMILES string of the molecule is CC[O+](CC)CC.CC[O+](CC)CC.[O-]B([O-])OF. The number of hydrogen-bond donors (Lipinski definition) is 0. The third-order valence-electron chi connectivity index (χ3n) is 2.52. The molecule has 0 spiro atoms. The summed E-state index contributed by atoms with van der Waals surface area (Å²) in [5, 5.41) is 17.5. The van der Waals surface area contributed by atoms with Crippen LogP contribution in [0, 0.1) is 0 Å². The summed E-state index contributed by atoms with van der Waals surface area (Å²) in [7, 11) is -2.78. The van der Waals surface area contributed by atoms with Gasteiger partial charge in [0.1, 0.15) is 47.0 Å². The van der Waals surface area contributed by atoms with Crippen molar-refractivity contribution in [1.29, 1.82) is 0 Å². The first-order valence-electron chi connectivity index (χ1n) is 6.84. The molecule has 0 radical (unpaired) electrons. The van der Waals surface area contributed by atoms with Crippen LogP contribution in [0.1, 0.15) is 41.5 Å². The Balaban J connectivity index is -0.000000206. The molecule has 0 aromatic carbocycles. The molecule has 0 saturated carbocycles.